The molecule has 5 nitrogen and oxygen atoms in total. The van der Waals surface area contributed by atoms with E-state index >= 15 is 0 Å². The van der Waals surface area contributed by atoms with Crippen molar-refractivity contribution in [3.63, 3.8) is 0 Å². The van der Waals surface area contributed by atoms with E-state index in [0.717, 1.165) is 18.1 Å². The van der Waals surface area contributed by atoms with Crippen LogP contribution in [0, 0.1) is 13.8 Å². The fourth-order valence-electron chi connectivity index (χ4n) is 4.02. The van der Waals surface area contributed by atoms with Crippen molar-refractivity contribution in [3.8, 4) is 0 Å². The summed E-state index contributed by atoms with van der Waals surface area (Å²) in [6.07, 6.45) is 1.86. The van der Waals surface area contributed by atoms with E-state index in [2.05, 4.69) is 55.4 Å². The van der Waals surface area contributed by atoms with Crippen LogP contribution in [0.3, 0.4) is 0 Å². The predicted octanol–water partition coefficient (Wildman–Crippen LogP) is 5.47. The van der Waals surface area contributed by atoms with Crippen LogP contribution in [0.15, 0.2) is 40.3 Å². The molecule has 7 heteroatoms. The lowest BCUT2D eigenvalue weighted by molar-refractivity contribution is -0.0762. The first kappa shape index (κ1) is 20.3. The summed E-state index contributed by atoms with van der Waals surface area (Å²) in [5.41, 5.74) is 2.41. The second-order valence-corrected chi connectivity index (χ2v) is 9.79. The number of hydrogen-bond acceptors (Lipinski definition) is 6. The Hall–Kier alpha value is -1.93. The topological polar surface area (TPSA) is 54.7 Å². The molecule has 1 aliphatic heterocycles. The average Bonchev–Trinajstić information content (AvgIpc) is 3.41. The molecule has 1 N–H and O–H groups in total. The number of ether oxygens (including phenoxy) is 1. The molecule has 3 aromatic rings. The van der Waals surface area contributed by atoms with Crippen molar-refractivity contribution in [1.82, 2.24) is 4.90 Å². The molecule has 29 heavy (non-hydrogen) atoms. The second kappa shape index (κ2) is 8.44. The molecular weight excluding hydrogens is 404 g/mol. The number of aryl methyl sites for hydroxylation is 1. The van der Waals surface area contributed by atoms with Crippen molar-refractivity contribution in [1.29, 1.82) is 0 Å². The van der Waals surface area contributed by atoms with E-state index in [1.165, 1.54) is 27.1 Å². The van der Waals surface area contributed by atoms with Gasteiger partial charge < -0.3 is 14.5 Å². The van der Waals surface area contributed by atoms with Crippen molar-refractivity contribution in [2.45, 2.75) is 45.9 Å². The first-order valence-electron chi connectivity index (χ1n) is 9.81. The Bertz CT molecular complexity index is 953. The van der Waals surface area contributed by atoms with E-state index in [9.17, 15) is 4.79 Å². The summed E-state index contributed by atoms with van der Waals surface area (Å²) in [6, 6.07) is 7.78. The zero-order valence-electron chi connectivity index (χ0n) is 17.1. The highest BCUT2D eigenvalue weighted by atomic mass is 32.1. The van der Waals surface area contributed by atoms with E-state index in [1.807, 2.05) is 0 Å². The van der Waals surface area contributed by atoms with Gasteiger partial charge in [0.25, 0.3) is 5.91 Å². The van der Waals surface area contributed by atoms with E-state index in [1.54, 1.807) is 34.8 Å². The lowest BCUT2D eigenvalue weighted by Gasteiger charge is -2.40. The lowest BCUT2D eigenvalue weighted by Crippen LogP contribution is -2.47. The van der Waals surface area contributed by atoms with E-state index in [4.69, 9.17) is 9.15 Å². The fourth-order valence-corrected chi connectivity index (χ4v) is 5.97. The smallest absolute Gasteiger partial charge is 0.291 e. The number of nitrogens with one attached hydrogen (secondary N) is 1. The number of morpholine rings is 1. The summed E-state index contributed by atoms with van der Waals surface area (Å²) in [4.78, 5) is 17.7. The molecule has 0 aromatic carbocycles. The monoisotopic (exact) mass is 430 g/mol. The van der Waals surface area contributed by atoms with Crippen LogP contribution in [0.25, 0.3) is 0 Å². The lowest BCUT2D eigenvalue weighted by atomic mass is 9.99. The standard InChI is InChI=1S/C22H26N2O3S2/c1-13-11-24(12-14(2)27-13)20(18-8-6-10-28-18)19-15(3)16(4)29-22(19)23-21(25)17-7-5-9-26-17/h5-10,13-14,20H,11-12H2,1-4H3,(H,23,25)/t13-,14+,20-/m1/s1. The Morgan fingerprint density at radius 1 is 1.21 bits per heavy atom. The van der Waals surface area contributed by atoms with Gasteiger partial charge in [-0.15, -0.1) is 22.7 Å². The van der Waals surface area contributed by atoms with E-state index in [-0.39, 0.29) is 24.2 Å². The first-order valence-corrected chi connectivity index (χ1v) is 11.5. The normalized spacial score (nSPS) is 21.2. The van der Waals surface area contributed by atoms with Gasteiger partial charge in [-0.3, -0.25) is 9.69 Å². The van der Waals surface area contributed by atoms with Gasteiger partial charge >= 0.3 is 0 Å². The third-order valence-electron chi connectivity index (χ3n) is 5.30. The zero-order valence-corrected chi connectivity index (χ0v) is 18.7. The predicted molar refractivity (Wildman–Crippen MR) is 118 cm³/mol. The minimum Gasteiger partial charge on any atom is -0.459 e. The Morgan fingerprint density at radius 2 is 1.97 bits per heavy atom. The van der Waals surface area contributed by atoms with E-state index < -0.39 is 0 Å². The number of carbonyl (C=O) groups is 1. The van der Waals surface area contributed by atoms with Crippen LogP contribution in [-0.4, -0.2) is 36.1 Å². The fraction of sp³-hybridized carbons (Fsp3) is 0.409. The summed E-state index contributed by atoms with van der Waals surface area (Å²) in [5.74, 6) is 0.104. The van der Waals surface area contributed by atoms with Crippen molar-refractivity contribution >= 4 is 33.6 Å². The van der Waals surface area contributed by atoms with Crippen molar-refractivity contribution in [2.75, 3.05) is 18.4 Å². The Morgan fingerprint density at radius 3 is 2.59 bits per heavy atom. The molecule has 3 atom stereocenters. The molecule has 0 bridgehead atoms. The SMILES string of the molecule is Cc1sc(NC(=O)c2ccco2)c([C@@H](c2cccs2)N2C[C@@H](C)O[C@@H](C)C2)c1C. The molecule has 1 amide bonds. The first-order chi connectivity index (χ1) is 13.9. The van der Waals surface area contributed by atoms with Crippen molar-refractivity contribution in [2.24, 2.45) is 0 Å². The average molecular weight is 431 g/mol. The third-order valence-corrected chi connectivity index (χ3v) is 7.37. The highest BCUT2D eigenvalue weighted by Gasteiger charge is 2.34. The molecular formula is C22H26N2O3S2. The van der Waals surface area contributed by atoms with Crippen LogP contribution in [-0.2, 0) is 4.74 Å². The number of rotatable bonds is 5. The summed E-state index contributed by atoms with van der Waals surface area (Å²) >= 11 is 3.39. The summed E-state index contributed by atoms with van der Waals surface area (Å²) < 4.78 is 11.3. The van der Waals surface area contributed by atoms with E-state index in [0.29, 0.717) is 5.76 Å². The van der Waals surface area contributed by atoms with Crippen molar-refractivity contribution < 1.29 is 13.9 Å². The van der Waals surface area contributed by atoms with Crippen LogP contribution < -0.4 is 5.32 Å². The molecule has 4 heterocycles. The number of nitrogens with zero attached hydrogens (tertiary/aromatic N) is 1. The summed E-state index contributed by atoms with van der Waals surface area (Å²) in [7, 11) is 0. The number of furan rings is 1. The third kappa shape index (κ3) is 4.19. The zero-order chi connectivity index (χ0) is 20.5. The molecule has 1 saturated heterocycles. The summed E-state index contributed by atoms with van der Waals surface area (Å²) in [5, 5.41) is 6.12. The molecule has 1 aliphatic rings. The second-order valence-electron chi connectivity index (χ2n) is 7.59. The van der Waals surface area contributed by atoms with Crippen LogP contribution in [0.1, 0.15) is 51.3 Å². The van der Waals surface area contributed by atoms with Crippen LogP contribution >= 0.6 is 22.7 Å². The quantitative estimate of drug-likeness (QED) is 0.583. The molecule has 0 aliphatic carbocycles. The summed E-state index contributed by atoms with van der Waals surface area (Å²) in [6.45, 7) is 10.2. The minimum absolute atomic E-state index is 0.0839. The van der Waals surface area contributed by atoms with Gasteiger partial charge in [-0.2, -0.15) is 0 Å². The molecule has 0 spiro atoms. The minimum atomic E-state index is -0.217. The van der Waals surface area contributed by atoms with Gasteiger partial charge in [-0.05, 0) is 56.8 Å². The maximum Gasteiger partial charge on any atom is 0.291 e. The van der Waals surface area contributed by atoms with Gasteiger partial charge in [-0.25, -0.2) is 0 Å². The number of thiophene rings is 2. The maximum absolute atomic E-state index is 12.7. The van der Waals surface area contributed by atoms with Gasteiger partial charge in [-0.1, -0.05) is 6.07 Å². The molecule has 0 saturated carbocycles. The Balaban J connectivity index is 1.75. The molecule has 154 valence electrons. The largest absolute Gasteiger partial charge is 0.459 e. The van der Waals surface area contributed by atoms with Gasteiger partial charge in [0.1, 0.15) is 5.00 Å². The number of carbonyl (C=O) groups excluding carboxylic acids is 1. The highest BCUT2D eigenvalue weighted by molar-refractivity contribution is 7.16. The van der Waals surface area contributed by atoms with Gasteiger partial charge in [0.15, 0.2) is 5.76 Å². The highest BCUT2D eigenvalue weighted by Crippen LogP contribution is 2.44. The van der Waals surface area contributed by atoms with Gasteiger partial charge in [0.2, 0.25) is 0 Å². The molecule has 0 radical (unpaired) electrons. The van der Waals surface area contributed by atoms with Crippen LogP contribution in [0.4, 0.5) is 5.00 Å². The molecule has 4 rings (SSSR count). The molecule has 0 unspecified atom stereocenters. The maximum atomic E-state index is 12.7. The van der Waals surface area contributed by atoms with Crippen LogP contribution in [0.2, 0.25) is 0 Å². The molecule has 3 aromatic heterocycles. The van der Waals surface area contributed by atoms with Gasteiger partial charge in [0, 0.05) is 28.4 Å². The van der Waals surface area contributed by atoms with Crippen molar-refractivity contribution in [3.05, 3.63) is 62.6 Å². The van der Waals surface area contributed by atoms with Gasteiger partial charge in [0.05, 0.1) is 24.5 Å². The number of amides is 1. The van der Waals surface area contributed by atoms with Crippen LogP contribution in [0.5, 0.6) is 0 Å². The Kier molecular flexibility index (Phi) is 5.92. The molecule has 1 fully saturated rings. The number of hydrogen-bond donors (Lipinski definition) is 1. The number of anilines is 1. The Labute approximate surface area is 179 Å².